The summed E-state index contributed by atoms with van der Waals surface area (Å²) in [6, 6.07) is 36.2. The summed E-state index contributed by atoms with van der Waals surface area (Å²) in [4.78, 5) is 0.0253. The highest BCUT2D eigenvalue weighted by atomic mass is 35.5. The van der Waals surface area contributed by atoms with E-state index in [0.717, 1.165) is 16.8 Å². The van der Waals surface area contributed by atoms with Crippen LogP contribution in [0.2, 0.25) is 10.0 Å². The van der Waals surface area contributed by atoms with E-state index >= 15 is 0 Å². The molecule has 0 saturated heterocycles. The lowest BCUT2D eigenvalue weighted by atomic mass is 10.0. The molecule has 16 heteroatoms. The molecule has 59 heavy (non-hydrogen) atoms. The van der Waals surface area contributed by atoms with Gasteiger partial charge in [-0.05, 0) is 71.8 Å². The summed E-state index contributed by atoms with van der Waals surface area (Å²) in [5.41, 5.74) is 5.20. The lowest BCUT2D eigenvalue weighted by molar-refractivity contribution is 0.531. The Bertz CT molecular complexity index is 3040. The van der Waals surface area contributed by atoms with Crippen molar-refractivity contribution in [3.8, 4) is 33.6 Å². The van der Waals surface area contributed by atoms with Gasteiger partial charge in [0.05, 0.1) is 28.0 Å². The Balaban J connectivity index is 0.000000172. The minimum atomic E-state index is -3.76. The van der Waals surface area contributed by atoms with Crippen molar-refractivity contribution in [3.05, 3.63) is 161 Å². The molecule has 0 aliphatic rings. The van der Waals surface area contributed by atoms with Gasteiger partial charge >= 0.3 is 0 Å². The Morgan fingerprint density at radius 1 is 0.695 bits per heavy atom. The summed E-state index contributed by atoms with van der Waals surface area (Å²) in [5, 5.41) is 26.8. The van der Waals surface area contributed by atoms with Crippen LogP contribution in [0.4, 0.5) is 20.4 Å². The van der Waals surface area contributed by atoms with E-state index in [2.05, 4.69) is 31.0 Å². The molecule has 0 unspecified atom stereocenters. The van der Waals surface area contributed by atoms with E-state index in [1.54, 1.807) is 30.3 Å². The number of anilines is 2. The molecule has 0 bridgehead atoms. The maximum atomic E-state index is 14.9. The molecule has 4 heterocycles. The number of hydrogen-bond acceptors (Lipinski definition) is 7. The lowest BCUT2D eigenvalue weighted by Gasteiger charge is -2.08. The van der Waals surface area contributed by atoms with Crippen LogP contribution in [0.3, 0.4) is 0 Å². The van der Waals surface area contributed by atoms with Crippen LogP contribution in [0.5, 0.6) is 0 Å². The number of aromatic amines is 2. The highest BCUT2D eigenvalue weighted by Crippen LogP contribution is 2.38. The molecule has 0 amide bonds. The number of primary sulfonamides is 1. The first-order valence-electron chi connectivity index (χ1n) is 18.1. The zero-order valence-electron chi connectivity index (χ0n) is 31.1. The number of fused-ring (bicyclic) bond motifs is 2. The number of halogens is 4. The zero-order valence-corrected chi connectivity index (χ0v) is 33.4. The number of hydrogen-bond donors (Lipinski definition) is 5. The highest BCUT2D eigenvalue weighted by molar-refractivity contribution is 7.89. The molecule has 0 saturated carbocycles. The Kier molecular flexibility index (Phi) is 11.0. The standard InChI is InChI=1S/C24H18ClFN4O3S.C19H16ClFN4/c25-21-18(14-4-2-1-3-5-14)12-19-23(22(21)26)29-30-24(19)28-13-16-8-11-20(33-16)15-6-9-17(10-7-15)34(27,31)32;1-25-9-5-8-13(25)11-22-19-15-10-14(12-6-3-2-4-7-12)16(20)17(21)18(15)23-24-19/h1-12H,13H2,(H2,27,31,32)(H2,28,29,30);2-10H,11H2,1H3,(H2,22,23,24). The Morgan fingerprint density at radius 3 is 1.71 bits per heavy atom. The van der Waals surface area contributed by atoms with E-state index < -0.39 is 21.7 Å². The molecule has 0 aliphatic carbocycles. The van der Waals surface area contributed by atoms with Crippen LogP contribution >= 0.6 is 23.2 Å². The third-order valence-electron chi connectivity index (χ3n) is 9.70. The van der Waals surface area contributed by atoms with Crippen molar-refractivity contribution >= 4 is 66.7 Å². The molecule has 0 atom stereocenters. The van der Waals surface area contributed by atoms with Crippen molar-refractivity contribution < 1.29 is 21.6 Å². The Labute approximate surface area is 346 Å². The van der Waals surface area contributed by atoms with Gasteiger partial charge in [0.2, 0.25) is 10.0 Å². The van der Waals surface area contributed by atoms with Crippen molar-refractivity contribution in [1.82, 2.24) is 25.0 Å². The molecule has 0 fully saturated rings. The summed E-state index contributed by atoms with van der Waals surface area (Å²) in [6.07, 6.45) is 1.98. The monoisotopic (exact) mass is 850 g/mol. The second-order valence-corrected chi connectivity index (χ2v) is 15.8. The van der Waals surface area contributed by atoms with Crippen molar-refractivity contribution in [2.75, 3.05) is 10.6 Å². The van der Waals surface area contributed by atoms with Gasteiger partial charge in [0.25, 0.3) is 0 Å². The van der Waals surface area contributed by atoms with E-state index in [0.29, 0.717) is 69.2 Å². The van der Waals surface area contributed by atoms with E-state index in [9.17, 15) is 17.2 Å². The number of H-pyrrole nitrogens is 2. The number of nitrogens with zero attached hydrogens (tertiary/aromatic N) is 3. The predicted octanol–water partition coefficient (Wildman–Crippen LogP) is 10.5. The largest absolute Gasteiger partial charge is 0.459 e. The van der Waals surface area contributed by atoms with Crippen LogP contribution in [0.25, 0.3) is 55.4 Å². The zero-order chi connectivity index (χ0) is 41.3. The minimum Gasteiger partial charge on any atom is -0.459 e. The molecular formula is C43H34Cl2F2N8O3S. The molecule has 0 aliphatic heterocycles. The summed E-state index contributed by atoms with van der Waals surface area (Å²) < 4.78 is 60.4. The molecule has 6 N–H and O–H groups in total. The van der Waals surface area contributed by atoms with Gasteiger partial charge in [0.1, 0.15) is 22.6 Å². The van der Waals surface area contributed by atoms with Crippen LogP contribution in [0.15, 0.2) is 137 Å². The van der Waals surface area contributed by atoms with Crippen LogP contribution in [-0.4, -0.2) is 33.4 Å². The van der Waals surface area contributed by atoms with E-state index in [1.165, 1.54) is 12.1 Å². The second kappa shape index (κ2) is 16.4. The summed E-state index contributed by atoms with van der Waals surface area (Å²) in [6.45, 7) is 0.883. The lowest BCUT2D eigenvalue weighted by Crippen LogP contribution is -2.11. The van der Waals surface area contributed by atoms with Gasteiger partial charge in [-0.15, -0.1) is 0 Å². The molecule has 4 aromatic heterocycles. The first-order valence-corrected chi connectivity index (χ1v) is 20.4. The summed E-state index contributed by atoms with van der Waals surface area (Å²) in [7, 11) is -1.78. The van der Waals surface area contributed by atoms with E-state index in [4.69, 9.17) is 32.8 Å². The van der Waals surface area contributed by atoms with E-state index in [1.807, 2.05) is 96.7 Å². The first kappa shape index (κ1) is 39.4. The van der Waals surface area contributed by atoms with Gasteiger partial charge in [-0.2, -0.15) is 10.2 Å². The highest BCUT2D eigenvalue weighted by Gasteiger charge is 2.20. The van der Waals surface area contributed by atoms with Crippen molar-refractivity contribution in [1.29, 1.82) is 0 Å². The molecular weight excluding hydrogens is 817 g/mol. The average molecular weight is 852 g/mol. The van der Waals surface area contributed by atoms with Crippen LogP contribution in [0, 0.1) is 11.6 Å². The topological polar surface area (TPSA) is 160 Å². The number of aryl methyl sites for hydroxylation is 1. The van der Waals surface area contributed by atoms with Crippen LogP contribution < -0.4 is 15.8 Å². The molecule has 5 aromatic carbocycles. The van der Waals surface area contributed by atoms with Gasteiger partial charge in [-0.1, -0.05) is 83.9 Å². The fourth-order valence-corrected chi connectivity index (χ4v) is 7.61. The molecule has 0 spiro atoms. The number of nitrogens with one attached hydrogen (secondary N) is 4. The average Bonchev–Trinajstić information content (AvgIpc) is 4.07. The molecule has 0 radical (unpaired) electrons. The molecule has 298 valence electrons. The minimum absolute atomic E-state index is 0.0253. The van der Waals surface area contributed by atoms with Gasteiger partial charge in [0, 0.05) is 46.4 Å². The maximum Gasteiger partial charge on any atom is 0.238 e. The van der Waals surface area contributed by atoms with Crippen molar-refractivity contribution in [2.24, 2.45) is 12.2 Å². The molecule has 11 nitrogen and oxygen atoms in total. The Hall–Kier alpha value is -6.45. The maximum absolute atomic E-state index is 14.9. The fourth-order valence-electron chi connectivity index (χ4n) is 6.58. The third kappa shape index (κ3) is 8.16. The first-order chi connectivity index (χ1) is 28.5. The summed E-state index contributed by atoms with van der Waals surface area (Å²) in [5.74, 6) is 1.18. The van der Waals surface area contributed by atoms with Gasteiger partial charge in [0.15, 0.2) is 23.3 Å². The van der Waals surface area contributed by atoms with Crippen molar-refractivity contribution in [3.63, 3.8) is 0 Å². The van der Waals surface area contributed by atoms with Gasteiger partial charge in [-0.3, -0.25) is 10.2 Å². The third-order valence-corrected chi connectivity index (χ3v) is 11.4. The molecule has 9 aromatic rings. The van der Waals surface area contributed by atoms with Crippen LogP contribution in [-0.2, 0) is 30.2 Å². The summed E-state index contributed by atoms with van der Waals surface area (Å²) >= 11 is 12.5. The number of rotatable bonds is 10. The predicted molar refractivity (Wildman–Crippen MR) is 229 cm³/mol. The SMILES string of the molecule is Cn1cccc1CNc1n[nH]c2c(F)c(Cl)c(-c3ccccc3)cc12.NS(=O)(=O)c1ccc(-c2ccc(CNc3n[nH]c4c(F)c(Cl)c(-c5ccccc5)cc34)o2)cc1. The van der Waals surface area contributed by atoms with Gasteiger partial charge < -0.3 is 19.6 Å². The quantitative estimate of drug-likeness (QED) is 0.0916. The number of nitrogens with two attached hydrogens (primary N) is 1. The fraction of sp³-hybridized carbons (Fsp3) is 0.0698. The van der Waals surface area contributed by atoms with E-state index in [-0.39, 0.29) is 20.5 Å². The van der Waals surface area contributed by atoms with Crippen LogP contribution in [0.1, 0.15) is 11.5 Å². The Morgan fingerprint density at radius 2 is 1.22 bits per heavy atom. The number of aromatic nitrogens is 5. The smallest absolute Gasteiger partial charge is 0.238 e. The van der Waals surface area contributed by atoms with Gasteiger partial charge in [-0.25, -0.2) is 22.3 Å². The normalized spacial score (nSPS) is 11.5. The van der Waals surface area contributed by atoms with Crippen molar-refractivity contribution in [2.45, 2.75) is 18.0 Å². The number of furan rings is 1. The number of benzene rings is 5. The molecule has 9 rings (SSSR count). The second-order valence-electron chi connectivity index (χ2n) is 13.5. The number of sulfonamides is 1.